The maximum Gasteiger partial charge on any atom is 0.234 e. The van der Waals surface area contributed by atoms with Gasteiger partial charge in [0, 0.05) is 17.3 Å². The first-order valence-corrected chi connectivity index (χ1v) is 11.5. The summed E-state index contributed by atoms with van der Waals surface area (Å²) in [5.74, 6) is 0.873. The Kier molecular flexibility index (Phi) is 5.47. The van der Waals surface area contributed by atoms with E-state index in [2.05, 4.69) is 20.5 Å². The van der Waals surface area contributed by atoms with Gasteiger partial charge in [-0.3, -0.25) is 14.3 Å². The van der Waals surface area contributed by atoms with E-state index in [1.54, 1.807) is 17.5 Å². The van der Waals surface area contributed by atoms with Crippen LogP contribution in [0.5, 0.6) is 0 Å². The molecule has 1 amide bonds. The number of thiophene rings is 1. The highest BCUT2D eigenvalue weighted by molar-refractivity contribution is 7.99. The van der Waals surface area contributed by atoms with Gasteiger partial charge >= 0.3 is 0 Å². The average molecular weight is 444 g/mol. The van der Waals surface area contributed by atoms with Crippen LogP contribution in [0.15, 0.2) is 89.5 Å². The van der Waals surface area contributed by atoms with Gasteiger partial charge in [0.05, 0.1) is 21.8 Å². The third-order valence-electron chi connectivity index (χ3n) is 4.64. The second-order valence-corrected chi connectivity index (χ2v) is 8.56. The summed E-state index contributed by atoms with van der Waals surface area (Å²) in [6, 6.07) is 23.4. The molecule has 152 valence electrons. The molecule has 0 aliphatic carbocycles. The van der Waals surface area contributed by atoms with Crippen molar-refractivity contribution in [2.75, 3.05) is 11.1 Å². The summed E-state index contributed by atoms with van der Waals surface area (Å²) in [4.78, 5) is 18.1. The molecule has 0 saturated heterocycles. The lowest BCUT2D eigenvalue weighted by atomic mass is 10.2. The first-order valence-electron chi connectivity index (χ1n) is 9.61. The number of nitrogens with zero attached hydrogens (tertiary/aromatic N) is 4. The van der Waals surface area contributed by atoms with Gasteiger partial charge in [-0.25, -0.2) is 0 Å². The molecule has 0 spiro atoms. The van der Waals surface area contributed by atoms with Crippen molar-refractivity contribution in [1.29, 1.82) is 0 Å². The zero-order valence-electron chi connectivity index (χ0n) is 16.3. The fourth-order valence-corrected chi connectivity index (χ4v) is 4.72. The van der Waals surface area contributed by atoms with E-state index in [4.69, 9.17) is 0 Å². The molecule has 0 bridgehead atoms. The number of aromatic nitrogens is 4. The van der Waals surface area contributed by atoms with E-state index in [-0.39, 0.29) is 11.7 Å². The summed E-state index contributed by atoms with van der Waals surface area (Å²) < 4.78 is 1.99. The number of pyridine rings is 1. The lowest BCUT2D eigenvalue weighted by molar-refractivity contribution is -0.113. The molecule has 2 aromatic carbocycles. The number of amides is 1. The number of nitrogens with one attached hydrogen (secondary N) is 1. The van der Waals surface area contributed by atoms with Crippen molar-refractivity contribution < 1.29 is 4.79 Å². The zero-order chi connectivity index (χ0) is 21.0. The number of carbonyl (C=O) groups is 1. The Balaban J connectivity index is 1.38. The second kappa shape index (κ2) is 8.71. The maximum absolute atomic E-state index is 12.7. The van der Waals surface area contributed by atoms with Crippen molar-refractivity contribution in [3.05, 3.63) is 84.4 Å². The number of rotatable bonds is 6. The summed E-state index contributed by atoms with van der Waals surface area (Å²) in [5, 5.41) is 15.4. The van der Waals surface area contributed by atoms with Crippen LogP contribution in [0.3, 0.4) is 0 Å². The van der Waals surface area contributed by atoms with Crippen LogP contribution in [-0.2, 0) is 4.79 Å². The van der Waals surface area contributed by atoms with Gasteiger partial charge in [0.25, 0.3) is 0 Å². The Hall–Kier alpha value is -3.49. The second-order valence-electron chi connectivity index (χ2n) is 6.67. The molecule has 8 heteroatoms. The third-order valence-corrected chi connectivity index (χ3v) is 6.44. The molecule has 6 nitrogen and oxygen atoms in total. The van der Waals surface area contributed by atoms with Crippen LogP contribution in [0.2, 0.25) is 0 Å². The van der Waals surface area contributed by atoms with E-state index in [0.29, 0.717) is 5.16 Å². The molecule has 5 aromatic rings. The number of carbonyl (C=O) groups excluding carboxylic acids is 1. The van der Waals surface area contributed by atoms with Crippen molar-refractivity contribution in [3.8, 4) is 16.4 Å². The van der Waals surface area contributed by atoms with Crippen LogP contribution in [0.4, 0.5) is 5.69 Å². The van der Waals surface area contributed by atoms with Gasteiger partial charge in [0.1, 0.15) is 0 Å². The van der Waals surface area contributed by atoms with E-state index >= 15 is 0 Å². The Morgan fingerprint density at radius 2 is 1.87 bits per heavy atom. The summed E-state index contributed by atoms with van der Waals surface area (Å²) in [6.45, 7) is 0. The lowest BCUT2D eigenvalue weighted by Crippen LogP contribution is -2.15. The summed E-state index contributed by atoms with van der Waals surface area (Å²) in [7, 11) is 0. The molecular weight excluding hydrogens is 426 g/mol. The highest BCUT2D eigenvalue weighted by Crippen LogP contribution is 2.30. The van der Waals surface area contributed by atoms with Gasteiger partial charge in [-0.05, 0) is 47.8 Å². The number of anilines is 1. The molecule has 3 heterocycles. The molecule has 0 fully saturated rings. The third kappa shape index (κ3) is 4.08. The number of benzene rings is 2. The number of hydrogen-bond acceptors (Lipinski definition) is 6. The predicted molar refractivity (Wildman–Crippen MR) is 126 cm³/mol. The van der Waals surface area contributed by atoms with Crippen molar-refractivity contribution >= 4 is 45.6 Å². The molecule has 3 aromatic heterocycles. The smallest absolute Gasteiger partial charge is 0.234 e. The topological polar surface area (TPSA) is 72.7 Å². The molecule has 0 saturated carbocycles. The van der Waals surface area contributed by atoms with Gasteiger partial charge in [0.15, 0.2) is 11.0 Å². The highest BCUT2D eigenvalue weighted by Gasteiger charge is 2.18. The Bertz CT molecular complexity index is 1330. The van der Waals surface area contributed by atoms with E-state index < -0.39 is 0 Å². The number of para-hydroxylation sites is 1. The minimum absolute atomic E-state index is 0.110. The largest absolute Gasteiger partial charge is 0.325 e. The standard InChI is InChI=1S/C23H17N5OS2/c29-21(25-19-11-4-10-18-17(19)9-5-13-24-18)15-31-23-27-26-22(20-12-6-14-30-20)28(23)16-7-2-1-3-8-16/h1-14H,15H2,(H,25,29). The molecule has 31 heavy (non-hydrogen) atoms. The Labute approximate surface area is 187 Å². The summed E-state index contributed by atoms with van der Waals surface area (Å²) in [5.41, 5.74) is 2.55. The summed E-state index contributed by atoms with van der Waals surface area (Å²) in [6.07, 6.45) is 1.74. The van der Waals surface area contributed by atoms with Crippen LogP contribution < -0.4 is 5.32 Å². The molecule has 0 aliphatic rings. The molecular formula is C23H17N5OS2. The molecule has 0 unspecified atom stereocenters. The number of thioether (sulfide) groups is 1. The lowest BCUT2D eigenvalue weighted by Gasteiger charge is -2.10. The van der Waals surface area contributed by atoms with Gasteiger partial charge in [-0.15, -0.1) is 21.5 Å². The van der Waals surface area contributed by atoms with Crippen LogP contribution in [-0.4, -0.2) is 31.4 Å². The van der Waals surface area contributed by atoms with Crippen molar-refractivity contribution in [2.45, 2.75) is 5.16 Å². The highest BCUT2D eigenvalue weighted by atomic mass is 32.2. The van der Waals surface area contributed by atoms with Crippen molar-refractivity contribution in [1.82, 2.24) is 19.7 Å². The zero-order valence-corrected chi connectivity index (χ0v) is 17.9. The normalized spacial score (nSPS) is 11.0. The fraction of sp³-hybridized carbons (Fsp3) is 0.0435. The average Bonchev–Trinajstić information content (AvgIpc) is 3.48. The van der Waals surface area contributed by atoms with Gasteiger partial charge in [-0.1, -0.05) is 42.1 Å². The fourth-order valence-electron chi connectivity index (χ4n) is 3.27. The van der Waals surface area contributed by atoms with Crippen molar-refractivity contribution in [2.24, 2.45) is 0 Å². The Morgan fingerprint density at radius 1 is 0.968 bits per heavy atom. The summed E-state index contributed by atoms with van der Waals surface area (Å²) >= 11 is 2.97. The monoisotopic (exact) mass is 443 g/mol. The van der Waals surface area contributed by atoms with Gasteiger partial charge < -0.3 is 5.32 Å². The molecule has 0 atom stereocenters. The van der Waals surface area contributed by atoms with Crippen molar-refractivity contribution in [3.63, 3.8) is 0 Å². The number of fused-ring (bicyclic) bond motifs is 1. The first-order chi connectivity index (χ1) is 15.3. The Morgan fingerprint density at radius 3 is 2.71 bits per heavy atom. The van der Waals surface area contributed by atoms with Gasteiger partial charge in [0.2, 0.25) is 5.91 Å². The number of hydrogen-bond donors (Lipinski definition) is 1. The van der Waals surface area contributed by atoms with Crippen LogP contribution in [0.25, 0.3) is 27.3 Å². The van der Waals surface area contributed by atoms with E-state index in [1.165, 1.54) is 11.8 Å². The van der Waals surface area contributed by atoms with E-state index in [0.717, 1.165) is 33.0 Å². The molecule has 0 radical (unpaired) electrons. The minimum atomic E-state index is -0.110. The molecule has 0 aliphatic heterocycles. The van der Waals surface area contributed by atoms with Crippen LogP contribution in [0.1, 0.15) is 0 Å². The molecule has 1 N–H and O–H groups in total. The molecule has 5 rings (SSSR count). The van der Waals surface area contributed by atoms with Crippen LogP contribution >= 0.6 is 23.1 Å². The van der Waals surface area contributed by atoms with Crippen LogP contribution in [0, 0.1) is 0 Å². The van der Waals surface area contributed by atoms with E-state index in [1.807, 2.05) is 82.7 Å². The SMILES string of the molecule is O=C(CSc1nnc(-c2cccs2)n1-c1ccccc1)Nc1cccc2ncccc12. The minimum Gasteiger partial charge on any atom is -0.325 e. The van der Waals surface area contributed by atoms with Gasteiger partial charge in [-0.2, -0.15) is 0 Å². The maximum atomic E-state index is 12.7. The first kappa shape index (κ1) is 19.5. The van der Waals surface area contributed by atoms with E-state index in [9.17, 15) is 4.79 Å². The predicted octanol–water partition coefficient (Wildman–Crippen LogP) is 5.27. The quantitative estimate of drug-likeness (QED) is 0.362.